The van der Waals surface area contributed by atoms with Gasteiger partial charge in [0.1, 0.15) is 5.75 Å². The Morgan fingerprint density at radius 2 is 1.58 bits per heavy atom. The van der Waals surface area contributed by atoms with Gasteiger partial charge in [0.05, 0.1) is 24.8 Å². The minimum Gasteiger partial charge on any atom is -0.497 e. The molecule has 0 aliphatic rings. The van der Waals surface area contributed by atoms with Crippen molar-refractivity contribution in [3.63, 3.8) is 0 Å². The number of rotatable bonds is 6. The smallest absolute Gasteiger partial charge is 0.271 e. The molecule has 0 saturated carbocycles. The first-order valence-corrected chi connectivity index (χ1v) is 9.60. The Labute approximate surface area is 153 Å². The van der Waals surface area contributed by atoms with Gasteiger partial charge in [-0.05, 0) is 61.0 Å². The zero-order valence-electron chi connectivity index (χ0n) is 15.1. The molecule has 2 aromatic carbocycles. The van der Waals surface area contributed by atoms with E-state index in [1.807, 2.05) is 24.3 Å². The van der Waals surface area contributed by atoms with Gasteiger partial charge in [0.25, 0.3) is 5.91 Å². The number of benzene rings is 2. The van der Waals surface area contributed by atoms with Crippen molar-refractivity contribution in [2.45, 2.75) is 6.92 Å². The molecule has 0 saturated heterocycles. The molecule has 1 N–H and O–H groups in total. The van der Waals surface area contributed by atoms with Crippen LogP contribution in [0.4, 0.5) is 5.69 Å². The van der Waals surface area contributed by atoms with Crippen LogP contribution in [0.3, 0.4) is 0 Å². The molecule has 26 heavy (non-hydrogen) atoms. The summed E-state index contributed by atoms with van der Waals surface area (Å²) in [6, 6.07) is 13.5. The van der Waals surface area contributed by atoms with Crippen molar-refractivity contribution in [3.8, 4) is 5.75 Å². The van der Waals surface area contributed by atoms with E-state index < -0.39 is 10.0 Å². The van der Waals surface area contributed by atoms with E-state index in [-0.39, 0.29) is 5.91 Å². The number of hydrogen-bond acceptors (Lipinski definition) is 5. The molecule has 0 aliphatic heterocycles. The molecular formula is C18H21N3O4S. The minimum atomic E-state index is -3.34. The largest absolute Gasteiger partial charge is 0.497 e. The van der Waals surface area contributed by atoms with Crippen LogP contribution in [-0.4, -0.2) is 40.4 Å². The molecule has 1 amide bonds. The summed E-state index contributed by atoms with van der Waals surface area (Å²) in [5, 5.41) is 4.09. The Bertz CT molecular complexity index is 904. The zero-order valence-corrected chi connectivity index (χ0v) is 15.9. The highest BCUT2D eigenvalue weighted by molar-refractivity contribution is 7.92. The number of ether oxygens (including phenoxy) is 1. The second-order valence-corrected chi connectivity index (χ2v) is 7.66. The standard InChI is InChI=1S/C18H21N3O4S/c1-13(14-7-11-17(25-3)12-8-14)19-20-18(22)15-5-9-16(10-6-15)21(2)26(4,23)24/h5-12H,1-4H3,(H,20,22)/b19-13-. The number of hydrogen-bond donors (Lipinski definition) is 1. The predicted molar refractivity (Wildman–Crippen MR) is 102 cm³/mol. The number of carbonyl (C=O) groups is 1. The lowest BCUT2D eigenvalue weighted by molar-refractivity contribution is 0.0955. The Hall–Kier alpha value is -2.87. The summed E-state index contributed by atoms with van der Waals surface area (Å²) < 4.78 is 29.3. The van der Waals surface area contributed by atoms with Crippen LogP contribution in [0.25, 0.3) is 0 Å². The van der Waals surface area contributed by atoms with Gasteiger partial charge < -0.3 is 4.74 Å². The van der Waals surface area contributed by atoms with Crippen LogP contribution in [0.15, 0.2) is 53.6 Å². The summed E-state index contributed by atoms with van der Waals surface area (Å²) >= 11 is 0. The van der Waals surface area contributed by atoms with Crippen LogP contribution in [0.2, 0.25) is 0 Å². The van der Waals surface area contributed by atoms with Gasteiger partial charge in [0.2, 0.25) is 10.0 Å². The number of hydrazone groups is 1. The molecule has 0 radical (unpaired) electrons. The van der Waals surface area contributed by atoms with Gasteiger partial charge in [-0.1, -0.05) is 0 Å². The highest BCUT2D eigenvalue weighted by Crippen LogP contribution is 2.16. The number of amides is 1. The molecule has 0 aromatic heterocycles. The van der Waals surface area contributed by atoms with Crippen molar-refractivity contribution in [1.29, 1.82) is 0 Å². The fourth-order valence-electron chi connectivity index (χ4n) is 2.11. The fourth-order valence-corrected chi connectivity index (χ4v) is 2.61. The van der Waals surface area contributed by atoms with Crippen molar-refractivity contribution in [2.75, 3.05) is 24.7 Å². The summed E-state index contributed by atoms with van der Waals surface area (Å²) in [7, 11) is -0.300. The van der Waals surface area contributed by atoms with Crippen LogP contribution >= 0.6 is 0 Å². The molecule has 0 spiro atoms. The summed E-state index contributed by atoms with van der Waals surface area (Å²) in [6.45, 7) is 1.78. The zero-order chi connectivity index (χ0) is 19.3. The van der Waals surface area contributed by atoms with Crippen molar-refractivity contribution in [2.24, 2.45) is 5.10 Å². The lowest BCUT2D eigenvalue weighted by Gasteiger charge is -2.16. The van der Waals surface area contributed by atoms with E-state index in [1.165, 1.54) is 7.05 Å². The second kappa shape index (κ2) is 8.01. The molecule has 2 aromatic rings. The van der Waals surface area contributed by atoms with Gasteiger partial charge in [-0.3, -0.25) is 9.10 Å². The van der Waals surface area contributed by atoms with Crippen LogP contribution in [-0.2, 0) is 10.0 Å². The third kappa shape index (κ3) is 4.82. The highest BCUT2D eigenvalue weighted by Gasteiger charge is 2.12. The Balaban J connectivity index is 2.07. The molecule has 0 atom stereocenters. The van der Waals surface area contributed by atoms with Crippen molar-refractivity contribution in [1.82, 2.24) is 5.43 Å². The fraction of sp³-hybridized carbons (Fsp3) is 0.222. The molecule has 7 nitrogen and oxygen atoms in total. The van der Waals surface area contributed by atoms with Gasteiger partial charge in [-0.2, -0.15) is 5.10 Å². The molecule has 0 heterocycles. The molecule has 0 bridgehead atoms. The maximum absolute atomic E-state index is 12.2. The first kappa shape index (κ1) is 19.5. The molecule has 2 rings (SSSR count). The number of methoxy groups -OCH3 is 1. The van der Waals surface area contributed by atoms with Gasteiger partial charge in [-0.25, -0.2) is 13.8 Å². The number of sulfonamides is 1. The molecule has 138 valence electrons. The quantitative estimate of drug-likeness (QED) is 0.620. The summed E-state index contributed by atoms with van der Waals surface area (Å²) in [6.07, 6.45) is 1.12. The van der Waals surface area contributed by atoms with Gasteiger partial charge in [0, 0.05) is 12.6 Å². The molecule has 0 fully saturated rings. The average Bonchev–Trinajstić information content (AvgIpc) is 2.64. The number of carbonyl (C=O) groups excluding carboxylic acids is 1. The van der Waals surface area contributed by atoms with E-state index >= 15 is 0 Å². The number of anilines is 1. The summed E-state index contributed by atoms with van der Waals surface area (Å²) in [4.78, 5) is 12.2. The summed E-state index contributed by atoms with van der Waals surface area (Å²) in [5.41, 5.74) is 4.85. The normalized spacial score (nSPS) is 11.8. The van der Waals surface area contributed by atoms with E-state index in [2.05, 4.69) is 10.5 Å². The minimum absolute atomic E-state index is 0.377. The van der Waals surface area contributed by atoms with E-state index in [0.717, 1.165) is 21.9 Å². The maximum Gasteiger partial charge on any atom is 0.271 e. The third-order valence-electron chi connectivity index (χ3n) is 3.82. The first-order valence-electron chi connectivity index (χ1n) is 7.75. The Morgan fingerprint density at radius 1 is 1.04 bits per heavy atom. The predicted octanol–water partition coefficient (Wildman–Crippen LogP) is 2.25. The molecule has 8 heteroatoms. The second-order valence-electron chi connectivity index (χ2n) is 5.64. The number of nitrogens with zero attached hydrogens (tertiary/aromatic N) is 2. The van der Waals surface area contributed by atoms with Crippen LogP contribution in [0, 0.1) is 0 Å². The molecular weight excluding hydrogens is 354 g/mol. The van der Waals surface area contributed by atoms with Gasteiger partial charge in [0.15, 0.2) is 0 Å². The van der Waals surface area contributed by atoms with Crippen molar-refractivity contribution in [3.05, 3.63) is 59.7 Å². The summed E-state index contributed by atoms with van der Waals surface area (Å²) in [5.74, 6) is 0.358. The van der Waals surface area contributed by atoms with Crippen LogP contribution in [0.5, 0.6) is 5.75 Å². The monoisotopic (exact) mass is 375 g/mol. The molecule has 0 aliphatic carbocycles. The van der Waals surface area contributed by atoms with Crippen molar-refractivity contribution >= 4 is 27.3 Å². The van der Waals surface area contributed by atoms with E-state index in [9.17, 15) is 13.2 Å². The lowest BCUT2D eigenvalue weighted by Crippen LogP contribution is -2.25. The third-order valence-corrected chi connectivity index (χ3v) is 5.03. The van der Waals surface area contributed by atoms with E-state index in [0.29, 0.717) is 17.0 Å². The Kier molecular flexibility index (Phi) is 5.99. The van der Waals surface area contributed by atoms with E-state index in [4.69, 9.17) is 4.74 Å². The lowest BCUT2D eigenvalue weighted by atomic mass is 10.1. The number of nitrogens with one attached hydrogen (secondary N) is 1. The molecule has 0 unspecified atom stereocenters. The van der Waals surface area contributed by atoms with Gasteiger partial charge >= 0.3 is 0 Å². The average molecular weight is 375 g/mol. The van der Waals surface area contributed by atoms with Crippen LogP contribution in [0.1, 0.15) is 22.8 Å². The van der Waals surface area contributed by atoms with Gasteiger partial charge in [-0.15, -0.1) is 0 Å². The van der Waals surface area contributed by atoms with Crippen molar-refractivity contribution < 1.29 is 17.9 Å². The highest BCUT2D eigenvalue weighted by atomic mass is 32.2. The van der Waals surface area contributed by atoms with E-state index in [1.54, 1.807) is 38.3 Å². The van der Waals surface area contributed by atoms with Crippen LogP contribution < -0.4 is 14.5 Å². The SMILES string of the molecule is COc1ccc(/C(C)=N\NC(=O)c2ccc(N(C)S(C)(=O)=O)cc2)cc1. The Morgan fingerprint density at radius 3 is 2.08 bits per heavy atom. The maximum atomic E-state index is 12.2. The topological polar surface area (TPSA) is 88.1 Å². The first-order chi connectivity index (χ1) is 12.2.